The van der Waals surface area contributed by atoms with Gasteiger partial charge in [-0.3, -0.25) is 0 Å². The van der Waals surface area contributed by atoms with Gasteiger partial charge in [0.1, 0.15) is 12.3 Å². The maximum Gasteiger partial charge on any atom is 0.124 e. The molecule has 0 bridgehead atoms. The summed E-state index contributed by atoms with van der Waals surface area (Å²) >= 11 is 0. The molecule has 0 saturated heterocycles. The summed E-state index contributed by atoms with van der Waals surface area (Å²) < 4.78 is 5.08. The molecule has 3 heteroatoms. The highest BCUT2D eigenvalue weighted by molar-refractivity contribution is 5.36. The van der Waals surface area contributed by atoms with Crippen molar-refractivity contribution in [2.75, 3.05) is 7.11 Å². The van der Waals surface area contributed by atoms with Crippen LogP contribution in [0, 0.1) is 11.8 Å². The first-order valence-electron chi connectivity index (χ1n) is 3.70. The van der Waals surface area contributed by atoms with Crippen molar-refractivity contribution in [1.29, 1.82) is 0 Å². The molecule has 0 aliphatic rings. The lowest BCUT2D eigenvalue weighted by atomic mass is 10.1. The summed E-state index contributed by atoms with van der Waals surface area (Å²) in [6.45, 7) is 2.14. The van der Waals surface area contributed by atoms with E-state index in [-0.39, 0.29) is 6.54 Å². The molecular formula is C9H11NO2. The van der Waals surface area contributed by atoms with Gasteiger partial charge in [-0.2, -0.15) is 4.91 Å². The first-order chi connectivity index (χ1) is 5.77. The number of aryl methyl sites for hydroxylation is 1. The van der Waals surface area contributed by atoms with E-state index in [1.54, 1.807) is 7.11 Å². The predicted molar refractivity (Wildman–Crippen MR) is 47.2 cm³/mol. The predicted octanol–water partition coefficient (Wildman–Crippen LogP) is 2.27. The summed E-state index contributed by atoms with van der Waals surface area (Å²) in [4.78, 5) is 10.0. The Labute approximate surface area is 71.3 Å². The van der Waals surface area contributed by atoms with E-state index in [1.807, 2.05) is 25.1 Å². The smallest absolute Gasteiger partial charge is 0.124 e. The molecule has 12 heavy (non-hydrogen) atoms. The standard InChI is InChI=1S/C9H11NO2/c1-7-3-4-8(6-10-11)9(5-7)12-2/h3-5H,6H2,1-2H3. The highest BCUT2D eigenvalue weighted by Crippen LogP contribution is 2.20. The van der Waals surface area contributed by atoms with E-state index in [9.17, 15) is 4.91 Å². The highest BCUT2D eigenvalue weighted by atomic mass is 16.5. The second kappa shape index (κ2) is 3.85. The summed E-state index contributed by atoms with van der Waals surface area (Å²) in [7, 11) is 1.59. The second-order valence-electron chi connectivity index (χ2n) is 2.60. The van der Waals surface area contributed by atoms with Gasteiger partial charge in [0.05, 0.1) is 7.11 Å². The number of nitrogens with zero attached hydrogens (tertiary/aromatic N) is 1. The molecule has 3 nitrogen and oxygen atoms in total. The van der Waals surface area contributed by atoms with Crippen LogP contribution in [0.15, 0.2) is 23.4 Å². The fourth-order valence-corrected chi connectivity index (χ4v) is 1.05. The minimum atomic E-state index is 0.170. The number of nitroso groups, excluding NO2 is 1. The van der Waals surface area contributed by atoms with Crippen LogP contribution in [0.1, 0.15) is 11.1 Å². The van der Waals surface area contributed by atoms with Crippen molar-refractivity contribution >= 4 is 0 Å². The third-order valence-electron chi connectivity index (χ3n) is 1.68. The Hall–Kier alpha value is -1.38. The third kappa shape index (κ3) is 1.81. The Morgan fingerprint density at radius 2 is 2.25 bits per heavy atom. The lowest BCUT2D eigenvalue weighted by Gasteiger charge is -2.05. The van der Waals surface area contributed by atoms with Crippen LogP contribution in [0.4, 0.5) is 0 Å². The fraction of sp³-hybridized carbons (Fsp3) is 0.333. The molecule has 0 spiro atoms. The van der Waals surface area contributed by atoms with Gasteiger partial charge in [0.15, 0.2) is 0 Å². The monoisotopic (exact) mass is 165 g/mol. The SMILES string of the molecule is COc1cc(C)ccc1CN=O. The number of hydrogen-bond donors (Lipinski definition) is 0. The average Bonchev–Trinajstić information content (AvgIpc) is 2.08. The molecule has 1 aromatic rings. The summed E-state index contributed by atoms with van der Waals surface area (Å²) in [5.41, 5.74) is 1.94. The Morgan fingerprint density at radius 3 is 2.83 bits per heavy atom. The van der Waals surface area contributed by atoms with Gasteiger partial charge >= 0.3 is 0 Å². The fourth-order valence-electron chi connectivity index (χ4n) is 1.05. The first-order valence-corrected chi connectivity index (χ1v) is 3.70. The van der Waals surface area contributed by atoms with Gasteiger partial charge in [-0.25, -0.2) is 0 Å². The van der Waals surface area contributed by atoms with Crippen LogP contribution in [-0.2, 0) is 6.54 Å². The molecule has 0 atom stereocenters. The van der Waals surface area contributed by atoms with E-state index in [4.69, 9.17) is 4.74 Å². The molecule has 0 heterocycles. The van der Waals surface area contributed by atoms with Crippen LogP contribution in [0.25, 0.3) is 0 Å². The van der Waals surface area contributed by atoms with E-state index >= 15 is 0 Å². The zero-order chi connectivity index (χ0) is 8.97. The molecule has 0 amide bonds. The summed E-state index contributed by atoms with van der Waals surface area (Å²) in [6, 6.07) is 5.68. The molecule has 1 rings (SSSR count). The number of hydrogen-bond acceptors (Lipinski definition) is 3. The van der Waals surface area contributed by atoms with E-state index in [2.05, 4.69) is 5.18 Å². The van der Waals surface area contributed by atoms with E-state index < -0.39 is 0 Å². The summed E-state index contributed by atoms with van der Waals surface area (Å²) in [5, 5.41) is 2.81. The van der Waals surface area contributed by atoms with Crippen molar-refractivity contribution in [2.24, 2.45) is 5.18 Å². The quantitative estimate of drug-likeness (QED) is 0.644. The molecule has 1 aromatic carbocycles. The maximum atomic E-state index is 10.0. The number of rotatable bonds is 3. The number of ether oxygens (including phenoxy) is 1. The third-order valence-corrected chi connectivity index (χ3v) is 1.68. The van der Waals surface area contributed by atoms with Gasteiger partial charge in [-0.15, -0.1) is 0 Å². The van der Waals surface area contributed by atoms with Gasteiger partial charge < -0.3 is 4.74 Å². The lowest BCUT2D eigenvalue weighted by molar-refractivity contribution is 0.409. The summed E-state index contributed by atoms with van der Waals surface area (Å²) in [6.07, 6.45) is 0. The van der Waals surface area contributed by atoms with Crippen LogP contribution >= 0.6 is 0 Å². The molecule has 0 aromatic heterocycles. The maximum absolute atomic E-state index is 10.0. The van der Waals surface area contributed by atoms with Gasteiger partial charge in [-0.05, 0) is 18.6 Å². The van der Waals surface area contributed by atoms with Crippen LogP contribution in [-0.4, -0.2) is 7.11 Å². The van der Waals surface area contributed by atoms with Gasteiger partial charge in [0, 0.05) is 5.56 Å². The van der Waals surface area contributed by atoms with Crippen molar-refractivity contribution in [2.45, 2.75) is 13.5 Å². The van der Waals surface area contributed by atoms with Crippen LogP contribution in [0.2, 0.25) is 0 Å². The zero-order valence-corrected chi connectivity index (χ0v) is 7.20. The first kappa shape index (κ1) is 8.71. The lowest BCUT2D eigenvalue weighted by Crippen LogP contribution is -1.90. The number of methoxy groups -OCH3 is 1. The molecule has 0 radical (unpaired) electrons. The Balaban J connectivity index is 3.01. The van der Waals surface area contributed by atoms with Crippen molar-refractivity contribution in [3.63, 3.8) is 0 Å². The molecule has 0 fully saturated rings. The summed E-state index contributed by atoms with van der Waals surface area (Å²) in [5.74, 6) is 0.731. The zero-order valence-electron chi connectivity index (χ0n) is 7.20. The van der Waals surface area contributed by atoms with Crippen molar-refractivity contribution in [3.05, 3.63) is 34.2 Å². The second-order valence-corrected chi connectivity index (χ2v) is 2.60. The topological polar surface area (TPSA) is 38.7 Å². The molecule has 0 aliphatic carbocycles. The van der Waals surface area contributed by atoms with E-state index in [0.717, 1.165) is 16.9 Å². The Morgan fingerprint density at radius 1 is 1.50 bits per heavy atom. The van der Waals surface area contributed by atoms with E-state index in [1.165, 1.54) is 0 Å². The van der Waals surface area contributed by atoms with Crippen molar-refractivity contribution in [3.8, 4) is 5.75 Å². The molecule has 64 valence electrons. The minimum Gasteiger partial charge on any atom is -0.496 e. The minimum absolute atomic E-state index is 0.170. The Bertz CT molecular complexity index is 284. The van der Waals surface area contributed by atoms with Crippen molar-refractivity contribution < 1.29 is 4.74 Å². The molecule has 0 saturated carbocycles. The largest absolute Gasteiger partial charge is 0.496 e. The Kier molecular flexibility index (Phi) is 2.80. The van der Waals surface area contributed by atoms with Crippen LogP contribution in [0.3, 0.4) is 0 Å². The molecule has 0 N–H and O–H groups in total. The van der Waals surface area contributed by atoms with Gasteiger partial charge in [0.25, 0.3) is 0 Å². The van der Waals surface area contributed by atoms with Gasteiger partial charge in [0.2, 0.25) is 0 Å². The van der Waals surface area contributed by atoms with Crippen LogP contribution < -0.4 is 4.74 Å². The van der Waals surface area contributed by atoms with Gasteiger partial charge in [-0.1, -0.05) is 17.3 Å². The van der Waals surface area contributed by atoms with Crippen molar-refractivity contribution in [1.82, 2.24) is 0 Å². The number of benzene rings is 1. The molecule has 0 unspecified atom stereocenters. The molecule has 0 aliphatic heterocycles. The highest BCUT2D eigenvalue weighted by Gasteiger charge is 2.01. The normalized spacial score (nSPS) is 9.50. The average molecular weight is 165 g/mol. The van der Waals surface area contributed by atoms with E-state index in [0.29, 0.717) is 0 Å². The molecular weight excluding hydrogens is 154 g/mol. The van der Waals surface area contributed by atoms with Crippen LogP contribution in [0.5, 0.6) is 5.75 Å².